The number of aliphatic hydroxyl groups excluding tert-OH is 1. The molecule has 140 valence electrons. The minimum Gasteiger partial charge on any atom is -0.481 e. The fraction of sp³-hybridized carbons (Fsp3) is 0.421. The third-order valence-corrected chi connectivity index (χ3v) is 6.46. The number of rotatable bonds is 6. The van der Waals surface area contributed by atoms with E-state index in [1.54, 1.807) is 30.5 Å². The summed E-state index contributed by atoms with van der Waals surface area (Å²) in [7, 11) is -2.16. The van der Waals surface area contributed by atoms with E-state index in [4.69, 9.17) is 4.74 Å². The minimum absolute atomic E-state index is 0.0292. The Balaban J connectivity index is 1.90. The van der Waals surface area contributed by atoms with Gasteiger partial charge >= 0.3 is 0 Å². The molecule has 0 amide bonds. The van der Waals surface area contributed by atoms with Gasteiger partial charge < -0.3 is 9.84 Å². The molecule has 0 bridgehead atoms. The Kier molecular flexibility index (Phi) is 5.32. The number of nitrogens with zero attached hydrogens (tertiary/aromatic N) is 1. The molecule has 0 saturated heterocycles. The van der Waals surface area contributed by atoms with E-state index in [0.29, 0.717) is 18.7 Å². The molecule has 1 heterocycles. The van der Waals surface area contributed by atoms with E-state index in [0.717, 1.165) is 16.7 Å². The lowest BCUT2D eigenvalue weighted by atomic mass is 9.76. The molecule has 0 aliphatic heterocycles. The molecule has 1 aromatic heterocycles. The Labute approximate surface area is 154 Å². The molecule has 26 heavy (non-hydrogen) atoms. The molecule has 0 spiro atoms. The first kappa shape index (κ1) is 18.8. The van der Waals surface area contributed by atoms with Crippen LogP contribution in [0.3, 0.4) is 0 Å². The number of hydrogen-bond acceptors (Lipinski definition) is 5. The van der Waals surface area contributed by atoms with Crippen molar-refractivity contribution in [2.45, 2.75) is 43.7 Å². The Morgan fingerprint density at radius 3 is 2.46 bits per heavy atom. The molecule has 1 atom stereocenters. The van der Waals surface area contributed by atoms with E-state index < -0.39 is 16.1 Å². The van der Waals surface area contributed by atoms with Crippen molar-refractivity contribution in [2.24, 2.45) is 5.92 Å². The van der Waals surface area contributed by atoms with Crippen LogP contribution in [0.1, 0.15) is 35.6 Å². The van der Waals surface area contributed by atoms with Crippen molar-refractivity contribution in [1.82, 2.24) is 9.71 Å². The Hall–Kier alpha value is -1.96. The number of aromatic nitrogens is 1. The number of sulfonamides is 1. The zero-order valence-electron chi connectivity index (χ0n) is 15.1. The molecule has 1 aliphatic rings. The zero-order valence-corrected chi connectivity index (χ0v) is 16.0. The van der Waals surface area contributed by atoms with Gasteiger partial charge in [0.2, 0.25) is 15.9 Å². The smallest absolute Gasteiger partial charge is 0.241 e. The van der Waals surface area contributed by atoms with Crippen LogP contribution in [0.5, 0.6) is 5.88 Å². The topological polar surface area (TPSA) is 88.5 Å². The first-order valence-electron chi connectivity index (χ1n) is 8.58. The van der Waals surface area contributed by atoms with Crippen molar-refractivity contribution >= 4 is 10.0 Å². The third-order valence-electron chi connectivity index (χ3n) is 5.02. The van der Waals surface area contributed by atoms with Crippen molar-refractivity contribution < 1.29 is 18.3 Å². The van der Waals surface area contributed by atoms with Gasteiger partial charge in [0, 0.05) is 12.3 Å². The molecule has 0 unspecified atom stereocenters. The number of ether oxygens (including phenoxy) is 1. The number of nitrogens with one attached hydrogen (secondary N) is 1. The van der Waals surface area contributed by atoms with Crippen LogP contribution in [0.15, 0.2) is 41.4 Å². The Morgan fingerprint density at radius 2 is 1.92 bits per heavy atom. The van der Waals surface area contributed by atoms with Crippen LogP contribution in [-0.4, -0.2) is 31.7 Å². The van der Waals surface area contributed by atoms with Gasteiger partial charge in [-0.05, 0) is 61.4 Å². The summed E-state index contributed by atoms with van der Waals surface area (Å²) >= 11 is 0. The molecular weight excluding hydrogens is 352 g/mol. The van der Waals surface area contributed by atoms with Crippen LogP contribution in [-0.2, 0) is 10.0 Å². The summed E-state index contributed by atoms with van der Waals surface area (Å²) in [5.41, 5.74) is 2.73. The predicted molar refractivity (Wildman–Crippen MR) is 98.5 cm³/mol. The summed E-state index contributed by atoms with van der Waals surface area (Å²) in [5.74, 6) is 0.500. The Bertz CT molecular complexity index is 875. The maximum atomic E-state index is 12.9. The second kappa shape index (κ2) is 7.34. The summed E-state index contributed by atoms with van der Waals surface area (Å²) in [6.07, 6.45) is 2.37. The monoisotopic (exact) mass is 376 g/mol. The average molecular weight is 376 g/mol. The lowest BCUT2D eigenvalue weighted by Crippen LogP contribution is -2.41. The summed E-state index contributed by atoms with van der Waals surface area (Å²) in [5, 5.41) is 9.67. The number of benzene rings is 1. The van der Waals surface area contributed by atoms with E-state index >= 15 is 0 Å². The second-order valence-electron chi connectivity index (χ2n) is 6.86. The highest BCUT2D eigenvalue weighted by Crippen LogP contribution is 2.39. The van der Waals surface area contributed by atoms with Crippen LogP contribution in [0, 0.1) is 19.8 Å². The largest absolute Gasteiger partial charge is 0.481 e. The lowest BCUT2D eigenvalue weighted by Gasteiger charge is -2.38. The zero-order chi connectivity index (χ0) is 18.9. The van der Waals surface area contributed by atoms with Crippen LogP contribution in [0.25, 0.3) is 0 Å². The SMILES string of the molecule is COc1ccc([C@H](NS(=O)(=O)c2ccc(C)c(C)c2)C2CC(O)C2)cn1. The maximum Gasteiger partial charge on any atom is 0.241 e. The molecule has 1 fully saturated rings. The van der Waals surface area contributed by atoms with E-state index in [1.807, 2.05) is 19.9 Å². The number of aryl methyl sites for hydroxylation is 2. The fourth-order valence-electron chi connectivity index (χ4n) is 3.15. The number of hydrogen-bond donors (Lipinski definition) is 2. The van der Waals surface area contributed by atoms with Crippen molar-refractivity contribution in [3.05, 3.63) is 53.2 Å². The Morgan fingerprint density at radius 1 is 1.19 bits per heavy atom. The van der Waals surface area contributed by atoms with E-state index in [-0.39, 0.29) is 16.9 Å². The van der Waals surface area contributed by atoms with E-state index in [2.05, 4.69) is 9.71 Å². The molecule has 7 heteroatoms. The van der Waals surface area contributed by atoms with Crippen molar-refractivity contribution in [3.8, 4) is 5.88 Å². The van der Waals surface area contributed by atoms with Gasteiger partial charge in [-0.2, -0.15) is 0 Å². The fourth-order valence-corrected chi connectivity index (χ4v) is 4.53. The molecular formula is C19H24N2O4S. The highest BCUT2D eigenvalue weighted by Gasteiger charge is 2.37. The van der Waals surface area contributed by atoms with Gasteiger partial charge in [-0.15, -0.1) is 0 Å². The normalized spacial score (nSPS) is 21.1. The van der Waals surface area contributed by atoms with Gasteiger partial charge in [0.15, 0.2) is 0 Å². The highest BCUT2D eigenvalue weighted by molar-refractivity contribution is 7.89. The molecule has 1 saturated carbocycles. The summed E-state index contributed by atoms with van der Waals surface area (Å²) in [6.45, 7) is 3.84. The average Bonchev–Trinajstić information content (AvgIpc) is 2.59. The van der Waals surface area contributed by atoms with Gasteiger partial charge in [0.05, 0.1) is 24.2 Å². The number of pyridine rings is 1. The third kappa shape index (κ3) is 3.90. The van der Waals surface area contributed by atoms with Crippen LogP contribution in [0.4, 0.5) is 0 Å². The maximum absolute atomic E-state index is 12.9. The molecule has 3 rings (SSSR count). The number of aliphatic hydroxyl groups is 1. The molecule has 0 radical (unpaired) electrons. The molecule has 2 N–H and O–H groups in total. The molecule has 1 aromatic carbocycles. The van der Waals surface area contributed by atoms with Crippen molar-refractivity contribution in [2.75, 3.05) is 7.11 Å². The summed E-state index contributed by atoms with van der Waals surface area (Å²) in [6, 6.07) is 8.18. The molecule has 1 aliphatic carbocycles. The lowest BCUT2D eigenvalue weighted by molar-refractivity contribution is 0.0279. The summed E-state index contributed by atoms with van der Waals surface area (Å²) < 4.78 is 33.7. The first-order valence-corrected chi connectivity index (χ1v) is 10.1. The quantitative estimate of drug-likeness (QED) is 0.809. The standard InChI is InChI=1S/C19H24N2O4S/c1-12-4-6-17(8-13(12)2)26(23,24)21-19(15-9-16(22)10-15)14-5-7-18(25-3)20-11-14/h4-8,11,15-16,19,21-22H,9-10H2,1-3H3/t15?,16?,19-/m0/s1. The molecule has 2 aromatic rings. The van der Waals surface area contributed by atoms with Gasteiger partial charge in [0.1, 0.15) is 0 Å². The van der Waals surface area contributed by atoms with Crippen LogP contribution >= 0.6 is 0 Å². The highest BCUT2D eigenvalue weighted by atomic mass is 32.2. The van der Waals surface area contributed by atoms with Crippen LogP contribution < -0.4 is 9.46 Å². The van der Waals surface area contributed by atoms with Gasteiger partial charge in [-0.3, -0.25) is 0 Å². The number of methoxy groups -OCH3 is 1. The minimum atomic E-state index is -3.69. The van der Waals surface area contributed by atoms with Crippen molar-refractivity contribution in [3.63, 3.8) is 0 Å². The van der Waals surface area contributed by atoms with Crippen LogP contribution in [0.2, 0.25) is 0 Å². The van der Waals surface area contributed by atoms with E-state index in [9.17, 15) is 13.5 Å². The first-order chi connectivity index (χ1) is 12.3. The van der Waals surface area contributed by atoms with Crippen molar-refractivity contribution in [1.29, 1.82) is 0 Å². The van der Waals surface area contributed by atoms with Gasteiger partial charge in [-0.25, -0.2) is 18.1 Å². The van der Waals surface area contributed by atoms with Gasteiger partial charge in [-0.1, -0.05) is 12.1 Å². The van der Waals surface area contributed by atoms with E-state index in [1.165, 1.54) is 7.11 Å². The van der Waals surface area contributed by atoms with Gasteiger partial charge in [0.25, 0.3) is 0 Å². The second-order valence-corrected chi connectivity index (χ2v) is 8.58. The predicted octanol–water partition coefficient (Wildman–Crippen LogP) is 2.50. The molecule has 6 nitrogen and oxygen atoms in total. The summed E-state index contributed by atoms with van der Waals surface area (Å²) in [4.78, 5) is 4.43.